The average molecular weight is 619 g/mol. The largest absolute Gasteiger partial charge is 0.508 e. The van der Waals surface area contributed by atoms with Gasteiger partial charge in [-0.1, -0.05) is 58.1 Å². The van der Waals surface area contributed by atoms with E-state index in [2.05, 4.69) is 20.4 Å². The topological polar surface area (TPSA) is 54.4 Å². The Morgan fingerprint density at radius 1 is 0.952 bits per heavy atom. The normalized spacial score (nSPS) is 33.9. The Kier molecular flexibility index (Phi) is 10.2. The molecule has 42 heavy (non-hydrogen) atoms. The number of allylic oxidation sites excluding steroid dienone is 4. The van der Waals surface area contributed by atoms with Crippen LogP contribution in [0.25, 0.3) is 0 Å². The molecule has 5 unspecified atom stereocenters. The first kappa shape index (κ1) is 33.4. The van der Waals surface area contributed by atoms with Gasteiger partial charge in [0.25, 0.3) is 0 Å². The van der Waals surface area contributed by atoms with Crippen molar-refractivity contribution in [3.8, 4) is 0 Å². The molecule has 0 radical (unpaired) electrons. The molecule has 0 aliphatic heterocycles. The fourth-order valence-corrected chi connectivity index (χ4v) is 9.83. The summed E-state index contributed by atoms with van der Waals surface area (Å²) >= 11 is 0. The van der Waals surface area contributed by atoms with E-state index in [1.165, 1.54) is 5.57 Å². The zero-order valence-electron chi connectivity index (χ0n) is 25.0. The predicted molar refractivity (Wildman–Crippen MR) is 157 cm³/mol. The number of halogens is 5. The summed E-state index contributed by atoms with van der Waals surface area (Å²) in [7, 11) is -1.38. The maximum atomic E-state index is 13.0. The fraction of sp³-hybridized carbons (Fsp3) is 0.788. The summed E-state index contributed by atoms with van der Waals surface area (Å²) in [6.07, 6.45) is 7.94. The minimum absolute atomic E-state index is 0.0288. The monoisotopic (exact) mass is 618 g/mol. The highest BCUT2D eigenvalue weighted by molar-refractivity contribution is 7.84. The number of alkyl halides is 5. The van der Waals surface area contributed by atoms with Crippen molar-refractivity contribution in [2.24, 2.45) is 34.5 Å². The summed E-state index contributed by atoms with van der Waals surface area (Å²) in [5.74, 6) is -2.16. The Morgan fingerprint density at radius 2 is 1.60 bits per heavy atom. The van der Waals surface area contributed by atoms with Crippen molar-refractivity contribution in [2.45, 2.75) is 116 Å². The lowest BCUT2D eigenvalue weighted by Crippen LogP contribution is -2.52. The minimum atomic E-state index is -5.55. The second kappa shape index (κ2) is 12.8. The molecule has 3 nitrogen and oxygen atoms in total. The fourth-order valence-electron chi connectivity index (χ4n) is 8.64. The lowest BCUT2D eigenvalue weighted by Gasteiger charge is -2.59. The first-order valence-electron chi connectivity index (χ1n) is 15.7. The van der Waals surface area contributed by atoms with Gasteiger partial charge in [-0.25, -0.2) is 0 Å². The van der Waals surface area contributed by atoms with Crippen molar-refractivity contribution in [1.29, 1.82) is 0 Å². The lowest BCUT2D eigenvalue weighted by molar-refractivity contribution is -0.284. The first-order valence-corrected chi connectivity index (χ1v) is 17.2. The van der Waals surface area contributed by atoms with Gasteiger partial charge >= 0.3 is 12.1 Å². The summed E-state index contributed by atoms with van der Waals surface area (Å²) in [5, 5.41) is 10.3. The molecule has 3 saturated carbocycles. The molecule has 0 spiro atoms. The zero-order chi connectivity index (χ0) is 30.9. The lowest BCUT2D eigenvalue weighted by atomic mass is 9.45. The molecule has 0 aromatic carbocycles. The SMILES string of the molecule is C=C1C(=O)CC2C3C(CC[C@]12C)C1(C)CC=C(O)C=C1C[C@H]3CCCCCCCCS(=O)CCCC(F)(F)C(F)(F)F. The molecule has 0 bridgehead atoms. The van der Waals surface area contributed by atoms with Crippen LogP contribution in [0.2, 0.25) is 0 Å². The summed E-state index contributed by atoms with van der Waals surface area (Å²) < 4.78 is 74.8. The predicted octanol–water partition coefficient (Wildman–Crippen LogP) is 9.42. The van der Waals surface area contributed by atoms with Crippen LogP contribution >= 0.6 is 0 Å². The molecule has 0 aromatic rings. The van der Waals surface area contributed by atoms with E-state index >= 15 is 0 Å². The van der Waals surface area contributed by atoms with E-state index in [0.29, 0.717) is 48.0 Å². The molecule has 0 heterocycles. The number of aliphatic hydroxyl groups excluding tert-OH is 1. The van der Waals surface area contributed by atoms with Crippen LogP contribution in [0, 0.1) is 34.5 Å². The Labute approximate surface area is 249 Å². The molecule has 0 aromatic heterocycles. The molecule has 0 saturated heterocycles. The molecule has 238 valence electrons. The number of carbonyl (C=O) groups is 1. The molecular weight excluding hydrogens is 571 g/mol. The highest BCUT2D eigenvalue weighted by Gasteiger charge is 2.61. The number of Topliss-reactive ketones (excluding diaryl/α,β-unsaturated/α-hetero) is 1. The second-order valence-corrected chi connectivity index (χ2v) is 15.5. The molecule has 4 aliphatic carbocycles. The zero-order valence-corrected chi connectivity index (χ0v) is 25.9. The molecule has 0 amide bonds. The average Bonchev–Trinajstić information content (AvgIpc) is 3.14. The Balaban J connectivity index is 1.23. The van der Waals surface area contributed by atoms with Crippen LogP contribution in [-0.2, 0) is 15.6 Å². The standard InChI is InChI=1S/C33H47F5O3S/c1-22-28(40)21-27-29-23(19-24-20-25(39)12-15-31(24,3)26(29)13-16-30(22,27)2)11-8-6-4-5-7-9-17-42(41)18-10-14-32(34,35)33(36,37)38/h12,20,23,26-27,29,39H,1,4-11,13-19,21H2,2-3H3/t23-,26?,27?,29?,30-,31?,42?/m1/s1. The minimum Gasteiger partial charge on any atom is -0.508 e. The smallest absolute Gasteiger partial charge is 0.453 e. The summed E-state index contributed by atoms with van der Waals surface area (Å²) in [5.41, 5.74) is 2.09. The Bertz CT molecular complexity index is 1110. The highest BCUT2D eigenvalue weighted by atomic mass is 32.2. The van der Waals surface area contributed by atoms with Crippen LogP contribution < -0.4 is 0 Å². The van der Waals surface area contributed by atoms with Crippen molar-refractivity contribution in [1.82, 2.24) is 0 Å². The summed E-state index contributed by atoms with van der Waals surface area (Å²) in [6, 6.07) is 0. The van der Waals surface area contributed by atoms with E-state index in [4.69, 9.17) is 0 Å². The van der Waals surface area contributed by atoms with Gasteiger partial charge in [0.1, 0.15) is 5.76 Å². The van der Waals surface area contributed by atoms with E-state index in [-0.39, 0.29) is 22.4 Å². The molecule has 7 atom stereocenters. The second-order valence-electron chi connectivity index (χ2n) is 13.8. The van der Waals surface area contributed by atoms with Gasteiger partial charge in [-0.05, 0) is 97.2 Å². The summed E-state index contributed by atoms with van der Waals surface area (Å²) in [4.78, 5) is 12.8. The number of aliphatic hydroxyl groups is 1. The quantitative estimate of drug-likeness (QED) is 0.127. The van der Waals surface area contributed by atoms with Gasteiger partial charge in [-0.3, -0.25) is 9.00 Å². The van der Waals surface area contributed by atoms with Gasteiger partial charge < -0.3 is 5.11 Å². The van der Waals surface area contributed by atoms with E-state index < -0.39 is 35.7 Å². The number of rotatable bonds is 13. The maximum absolute atomic E-state index is 13.0. The number of unbranched alkanes of at least 4 members (excludes halogenated alkanes) is 5. The number of hydrogen-bond donors (Lipinski definition) is 1. The van der Waals surface area contributed by atoms with E-state index in [0.717, 1.165) is 69.8 Å². The van der Waals surface area contributed by atoms with Crippen LogP contribution in [0.3, 0.4) is 0 Å². The number of carbonyl (C=O) groups excluding carboxylic acids is 1. The van der Waals surface area contributed by atoms with Crippen LogP contribution in [-0.4, -0.2) is 38.7 Å². The number of fused-ring (bicyclic) bond motifs is 5. The third-order valence-corrected chi connectivity index (χ3v) is 12.8. The summed E-state index contributed by atoms with van der Waals surface area (Å²) in [6.45, 7) is 8.83. The van der Waals surface area contributed by atoms with Gasteiger partial charge in [0.05, 0.1) is 0 Å². The van der Waals surface area contributed by atoms with Crippen molar-refractivity contribution in [2.75, 3.05) is 11.5 Å². The van der Waals surface area contributed by atoms with Crippen LogP contribution in [0.4, 0.5) is 22.0 Å². The van der Waals surface area contributed by atoms with Gasteiger partial charge in [0, 0.05) is 35.1 Å². The maximum Gasteiger partial charge on any atom is 0.453 e. The van der Waals surface area contributed by atoms with Crippen LogP contribution in [0.1, 0.15) is 104 Å². The number of hydrogen-bond acceptors (Lipinski definition) is 3. The molecule has 1 N–H and O–H groups in total. The number of ketones is 1. The highest BCUT2D eigenvalue weighted by Crippen LogP contribution is 2.67. The van der Waals surface area contributed by atoms with Gasteiger partial charge in [0.15, 0.2) is 5.78 Å². The Morgan fingerprint density at radius 3 is 2.29 bits per heavy atom. The van der Waals surface area contributed by atoms with Crippen molar-refractivity contribution >= 4 is 16.6 Å². The van der Waals surface area contributed by atoms with Gasteiger partial charge in [-0.2, -0.15) is 22.0 Å². The Hall–Kier alpha value is -1.51. The molecule has 4 aliphatic rings. The van der Waals surface area contributed by atoms with E-state index in [1.54, 1.807) is 0 Å². The van der Waals surface area contributed by atoms with Crippen molar-refractivity contribution in [3.05, 3.63) is 35.6 Å². The van der Waals surface area contributed by atoms with Crippen molar-refractivity contribution in [3.63, 3.8) is 0 Å². The van der Waals surface area contributed by atoms with Gasteiger partial charge in [-0.15, -0.1) is 0 Å². The molecule has 9 heteroatoms. The van der Waals surface area contributed by atoms with Gasteiger partial charge in [0.2, 0.25) is 0 Å². The third kappa shape index (κ3) is 6.76. The van der Waals surface area contributed by atoms with E-state index in [1.807, 2.05) is 12.2 Å². The molecule has 3 fully saturated rings. The van der Waals surface area contributed by atoms with E-state index in [9.17, 15) is 36.1 Å². The van der Waals surface area contributed by atoms with Crippen molar-refractivity contribution < 1.29 is 36.1 Å². The van der Waals surface area contributed by atoms with Crippen LogP contribution in [0.5, 0.6) is 0 Å². The molecule has 4 rings (SSSR count). The third-order valence-electron chi connectivity index (χ3n) is 11.3. The first-order chi connectivity index (χ1) is 19.6. The van der Waals surface area contributed by atoms with Crippen LogP contribution in [0.15, 0.2) is 35.6 Å². The molecular formula is C33H47F5O3S.